The minimum atomic E-state index is -0.343. The number of halogens is 1. The monoisotopic (exact) mass is 669 g/mol. The van der Waals surface area contributed by atoms with E-state index in [9.17, 15) is 9.50 Å². The van der Waals surface area contributed by atoms with E-state index < -0.39 is 0 Å². The SMILES string of the molecule is C=C(C)C1CCC2(C(=O)N3CCCC3c3ncc(-c4ccc(F)cc4)[nH]3)CCC3(C)C(CCC4C5(C)CCC(O)C(C)(C)C5CCC43C)C12. The number of imidazole rings is 1. The number of nitrogens with zero attached hydrogens (tertiary/aromatic N) is 2. The second-order valence-corrected chi connectivity index (χ2v) is 19.1. The minimum absolute atomic E-state index is 0.0449. The summed E-state index contributed by atoms with van der Waals surface area (Å²) in [5, 5.41) is 11.1. The summed E-state index contributed by atoms with van der Waals surface area (Å²) in [7, 11) is 0. The first-order valence-corrected chi connectivity index (χ1v) is 19.6. The normalized spacial score (nSPS) is 44.1. The topological polar surface area (TPSA) is 69.2 Å². The Bertz CT molecular complexity index is 1630. The predicted octanol–water partition coefficient (Wildman–Crippen LogP) is 9.90. The number of allylic oxidation sites excluding steroid dienone is 1. The third kappa shape index (κ3) is 4.56. The van der Waals surface area contributed by atoms with Gasteiger partial charge < -0.3 is 15.0 Å². The minimum Gasteiger partial charge on any atom is -0.393 e. The van der Waals surface area contributed by atoms with Crippen molar-refractivity contribution in [2.75, 3.05) is 6.54 Å². The molecule has 8 rings (SSSR count). The molecule has 11 unspecified atom stereocenters. The van der Waals surface area contributed by atoms with Crippen LogP contribution >= 0.6 is 0 Å². The van der Waals surface area contributed by atoms with E-state index in [2.05, 4.69) is 58.0 Å². The van der Waals surface area contributed by atoms with Crippen LogP contribution in [0.2, 0.25) is 0 Å². The first-order chi connectivity index (χ1) is 23.2. The number of hydrogen-bond acceptors (Lipinski definition) is 3. The lowest BCUT2D eigenvalue weighted by Crippen LogP contribution is -2.67. The number of aromatic nitrogens is 2. The maximum atomic E-state index is 15.3. The number of amides is 1. The summed E-state index contributed by atoms with van der Waals surface area (Å²) in [5.41, 5.74) is 3.29. The molecule has 5 nitrogen and oxygen atoms in total. The van der Waals surface area contributed by atoms with E-state index in [1.54, 1.807) is 12.1 Å². The molecule has 0 bridgehead atoms. The summed E-state index contributed by atoms with van der Waals surface area (Å²) in [6.07, 6.45) is 14.6. The zero-order valence-electron chi connectivity index (χ0n) is 31.0. The third-order valence-electron chi connectivity index (χ3n) is 17.1. The fourth-order valence-corrected chi connectivity index (χ4v) is 14.4. The highest BCUT2D eigenvalue weighted by molar-refractivity contribution is 5.84. The molecule has 0 spiro atoms. The molecule has 6 aliphatic rings. The molecule has 266 valence electrons. The molecule has 11 atom stereocenters. The number of carbonyl (C=O) groups excluding carboxylic acids is 1. The highest BCUT2D eigenvalue weighted by atomic mass is 19.1. The van der Waals surface area contributed by atoms with Gasteiger partial charge in [-0.05, 0) is 165 Å². The van der Waals surface area contributed by atoms with Gasteiger partial charge in [-0.15, -0.1) is 0 Å². The van der Waals surface area contributed by atoms with Crippen molar-refractivity contribution < 1.29 is 14.3 Å². The van der Waals surface area contributed by atoms with Crippen LogP contribution in [0.4, 0.5) is 4.39 Å². The number of likely N-dealkylation sites (tertiary alicyclic amines) is 1. The van der Waals surface area contributed by atoms with Crippen LogP contribution in [0, 0.1) is 62.5 Å². The molecule has 5 aliphatic carbocycles. The quantitative estimate of drug-likeness (QED) is 0.319. The van der Waals surface area contributed by atoms with Crippen LogP contribution < -0.4 is 0 Å². The number of H-pyrrole nitrogens is 1. The van der Waals surface area contributed by atoms with Crippen molar-refractivity contribution in [3.05, 3.63) is 54.3 Å². The van der Waals surface area contributed by atoms with E-state index in [4.69, 9.17) is 4.98 Å². The lowest BCUT2D eigenvalue weighted by Gasteiger charge is -2.73. The molecular formula is C43H60FN3O2. The number of aromatic amines is 1. The second-order valence-electron chi connectivity index (χ2n) is 19.1. The summed E-state index contributed by atoms with van der Waals surface area (Å²) < 4.78 is 13.6. The standard InChI is InChI=1S/C43H60FN3O2/c1-26(2)29-16-21-43(38(49)47-24-8-9-32(47)37-45-25-31(46-37)27-10-12-28(44)13-11-27)23-22-41(6)30(36(29)43)14-15-34-40(5)19-18-35(48)39(3,4)33(40)17-20-42(34,41)7/h10-13,25,29-30,32-36,48H,1,8-9,14-24H2,2-7H3,(H,45,46). The van der Waals surface area contributed by atoms with Crippen LogP contribution in [-0.2, 0) is 4.79 Å². The van der Waals surface area contributed by atoms with Crippen molar-refractivity contribution in [1.82, 2.24) is 14.9 Å². The largest absolute Gasteiger partial charge is 0.393 e. The average Bonchev–Trinajstić information content (AvgIpc) is 3.82. The van der Waals surface area contributed by atoms with E-state index in [0.717, 1.165) is 75.0 Å². The first-order valence-electron chi connectivity index (χ1n) is 19.6. The van der Waals surface area contributed by atoms with Crippen LogP contribution in [-0.4, -0.2) is 38.5 Å². The van der Waals surface area contributed by atoms with E-state index in [1.165, 1.54) is 43.4 Å². The van der Waals surface area contributed by atoms with Gasteiger partial charge in [-0.25, -0.2) is 9.37 Å². The Labute approximate surface area is 293 Å². The number of fused-ring (bicyclic) bond motifs is 7. The number of aliphatic hydroxyl groups is 1. The Morgan fingerprint density at radius 3 is 2.41 bits per heavy atom. The zero-order valence-corrected chi connectivity index (χ0v) is 31.0. The molecule has 0 radical (unpaired) electrons. The van der Waals surface area contributed by atoms with Crippen molar-refractivity contribution in [2.24, 2.45) is 56.7 Å². The van der Waals surface area contributed by atoms with Gasteiger partial charge in [-0.1, -0.05) is 46.8 Å². The summed E-state index contributed by atoms with van der Waals surface area (Å²) in [6, 6.07) is 6.47. The van der Waals surface area contributed by atoms with Gasteiger partial charge in [0.05, 0.1) is 29.5 Å². The number of benzene rings is 1. The Morgan fingerprint density at radius 2 is 1.67 bits per heavy atom. The summed E-state index contributed by atoms with van der Waals surface area (Å²) in [5.74, 6) is 3.40. The summed E-state index contributed by atoms with van der Waals surface area (Å²) in [6.45, 7) is 20.2. The number of nitrogens with one attached hydrogen (secondary N) is 1. The van der Waals surface area contributed by atoms with Gasteiger partial charge in [0.15, 0.2) is 0 Å². The van der Waals surface area contributed by atoms with Crippen LogP contribution in [0.25, 0.3) is 11.3 Å². The second kappa shape index (κ2) is 11.3. The van der Waals surface area contributed by atoms with E-state index >= 15 is 4.79 Å². The van der Waals surface area contributed by atoms with Crippen LogP contribution in [0.5, 0.6) is 0 Å². The van der Waals surface area contributed by atoms with Gasteiger partial charge in [-0.2, -0.15) is 0 Å². The molecule has 5 saturated carbocycles. The molecule has 1 aromatic carbocycles. The molecular weight excluding hydrogens is 609 g/mol. The molecule has 1 saturated heterocycles. The molecule has 6 fully saturated rings. The smallest absolute Gasteiger partial charge is 0.229 e. The fraction of sp³-hybridized carbons (Fsp3) is 0.721. The Kier molecular flexibility index (Phi) is 7.74. The van der Waals surface area contributed by atoms with Crippen molar-refractivity contribution in [1.29, 1.82) is 0 Å². The Morgan fingerprint density at radius 1 is 0.918 bits per heavy atom. The average molecular weight is 670 g/mol. The van der Waals surface area contributed by atoms with Gasteiger partial charge in [0.2, 0.25) is 5.91 Å². The van der Waals surface area contributed by atoms with Gasteiger partial charge in [0, 0.05) is 6.54 Å². The van der Waals surface area contributed by atoms with E-state index in [0.29, 0.717) is 35.5 Å². The van der Waals surface area contributed by atoms with Crippen molar-refractivity contribution in [2.45, 2.75) is 131 Å². The van der Waals surface area contributed by atoms with E-state index in [1.807, 2.05) is 6.20 Å². The molecule has 2 aromatic rings. The summed E-state index contributed by atoms with van der Waals surface area (Å²) in [4.78, 5) is 25.9. The number of rotatable bonds is 4. The lowest BCUT2D eigenvalue weighted by atomic mass is 9.32. The number of carbonyl (C=O) groups is 1. The zero-order chi connectivity index (χ0) is 34.7. The molecule has 2 N–H and O–H groups in total. The van der Waals surface area contributed by atoms with Crippen LogP contribution in [0.3, 0.4) is 0 Å². The first kappa shape index (κ1) is 33.7. The van der Waals surface area contributed by atoms with Gasteiger partial charge in [-0.3, -0.25) is 4.79 Å². The maximum Gasteiger partial charge on any atom is 0.229 e. The molecule has 6 heteroatoms. The third-order valence-corrected chi connectivity index (χ3v) is 17.1. The molecule has 2 heterocycles. The molecule has 49 heavy (non-hydrogen) atoms. The maximum absolute atomic E-state index is 15.3. The van der Waals surface area contributed by atoms with Crippen molar-refractivity contribution >= 4 is 5.91 Å². The van der Waals surface area contributed by atoms with Crippen molar-refractivity contribution in [3.8, 4) is 11.3 Å². The van der Waals surface area contributed by atoms with Gasteiger partial charge >= 0.3 is 0 Å². The highest BCUT2D eigenvalue weighted by Gasteiger charge is 2.72. The van der Waals surface area contributed by atoms with Crippen LogP contribution in [0.15, 0.2) is 42.6 Å². The molecule has 1 aromatic heterocycles. The fourth-order valence-electron chi connectivity index (χ4n) is 14.4. The van der Waals surface area contributed by atoms with Gasteiger partial charge in [0.25, 0.3) is 0 Å². The number of hydrogen-bond donors (Lipinski definition) is 2. The Hall–Kier alpha value is -2.47. The molecule has 1 aliphatic heterocycles. The summed E-state index contributed by atoms with van der Waals surface area (Å²) >= 11 is 0. The van der Waals surface area contributed by atoms with Crippen molar-refractivity contribution in [3.63, 3.8) is 0 Å². The number of aliphatic hydroxyl groups excluding tert-OH is 1. The van der Waals surface area contributed by atoms with Gasteiger partial charge in [0.1, 0.15) is 11.6 Å². The lowest BCUT2D eigenvalue weighted by molar-refractivity contribution is -0.247. The molecule has 1 amide bonds. The van der Waals surface area contributed by atoms with Crippen LogP contribution in [0.1, 0.15) is 130 Å². The highest BCUT2D eigenvalue weighted by Crippen LogP contribution is 2.77. The predicted molar refractivity (Wildman–Crippen MR) is 193 cm³/mol. The Balaban J connectivity index is 1.12. The van der Waals surface area contributed by atoms with E-state index in [-0.39, 0.29) is 45.0 Å².